The number of aromatic nitrogens is 1. The maximum atomic E-state index is 14.2. The van der Waals surface area contributed by atoms with Crippen LogP contribution in [0.25, 0.3) is 0 Å². The molecule has 2 saturated carbocycles. The first-order valence-electron chi connectivity index (χ1n) is 36.5. The van der Waals surface area contributed by atoms with Gasteiger partial charge in [-0.2, -0.15) is 0 Å². The van der Waals surface area contributed by atoms with Crippen LogP contribution < -0.4 is 30.7 Å². The number of methoxy groups -OCH3 is 1. The molecule has 11 rings (SSSR count). The molecular formula is C82H114FN7O6. The zero-order valence-electron chi connectivity index (χ0n) is 60.7. The Morgan fingerprint density at radius 3 is 1.44 bits per heavy atom. The minimum atomic E-state index is -0.393. The number of para-hydroxylation sites is 3. The lowest BCUT2D eigenvalue weighted by Crippen LogP contribution is -2.47. The van der Waals surface area contributed by atoms with Crippen molar-refractivity contribution in [2.75, 3.05) is 21.8 Å². The average molecular weight is 1310 g/mol. The lowest BCUT2D eigenvalue weighted by Gasteiger charge is -2.41. The molecule has 0 spiro atoms. The number of esters is 1. The SMILES string of the molecule is CCC(=O)N1c2ccccc2C(NC(C)C)CC1C.CCC(=O)N1c2ccccc2C(NC2CCC(=C(F)C(C)C)CC2)CC1C.CCC(=O)N1c2ccccc2C(NC2CCC(=CC(C)C)CC2)CC1C.COC(=O)c1cc2c(n1Cc1ccc(C(C)C)cc1)CCCC2=O. The fraction of sp³-hybridized carbons (Fsp3) is 0.549. The maximum Gasteiger partial charge on any atom is 0.354 e. The third-order valence-electron chi connectivity index (χ3n) is 20.2. The van der Waals surface area contributed by atoms with E-state index in [0.29, 0.717) is 85.5 Å². The van der Waals surface area contributed by atoms with Crippen molar-refractivity contribution in [3.8, 4) is 0 Å². The molecule has 0 bridgehead atoms. The van der Waals surface area contributed by atoms with Gasteiger partial charge in [0.25, 0.3) is 0 Å². The van der Waals surface area contributed by atoms with Crippen LogP contribution in [-0.2, 0) is 32.1 Å². The number of halogens is 1. The second-order valence-corrected chi connectivity index (χ2v) is 29.0. The molecule has 5 aromatic rings. The first kappa shape index (κ1) is 74.8. The van der Waals surface area contributed by atoms with Gasteiger partial charge in [0.2, 0.25) is 17.7 Å². The summed E-state index contributed by atoms with van der Waals surface area (Å²) in [6.45, 7) is 29.9. The number of hydrogen-bond acceptors (Lipinski definition) is 9. The number of carbonyl (C=O) groups excluding carboxylic acids is 5. The molecule has 4 heterocycles. The van der Waals surface area contributed by atoms with Crippen molar-refractivity contribution in [2.24, 2.45) is 11.8 Å². The lowest BCUT2D eigenvalue weighted by molar-refractivity contribution is -0.119. The number of carbonyl (C=O) groups is 5. The molecular weight excluding hydrogens is 1200 g/mol. The van der Waals surface area contributed by atoms with Crippen molar-refractivity contribution in [1.29, 1.82) is 0 Å². The van der Waals surface area contributed by atoms with E-state index < -0.39 is 5.97 Å². The molecule has 520 valence electrons. The predicted octanol–water partition coefficient (Wildman–Crippen LogP) is 18.3. The average Bonchev–Trinajstić information content (AvgIpc) is 1.18. The van der Waals surface area contributed by atoms with Crippen LogP contribution in [0.5, 0.6) is 0 Å². The van der Waals surface area contributed by atoms with E-state index in [1.165, 1.54) is 55.0 Å². The number of fused-ring (bicyclic) bond motifs is 4. The molecule has 3 aliphatic carbocycles. The van der Waals surface area contributed by atoms with Crippen LogP contribution >= 0.6 is 0 Å². The highest BCUT2D eigenvalue weighted by Gasteiger charge is 2.38. The Labute approximate surface area is 574 Å². The molecule has 3 amide bonds. The number of Topliss-reactive ketones (excluding diaryl/α,β-unsaturated/α-hetero) is 1. The van der Waals surface area contributed by atoms with E-state index in [9.17, 15) is 28.4 Å². The highest BCUT2D eigenvalue weighted by Crippen LogP contribution is 2.42. The zero-order valence-corrected chi connectivity index (χ0v) is 60.7. The summed E-state index contributed by atoms with van der Waals surface area (Å²) >= 11 is 0. The molecule has 2 fully saturated rings. The molecule has 3 aliphatic heterocycles. The fourth-order valence-corrected chi connectivity index (χ4v) is 15.4. The van der Waals surface area contributed by atoms with E-state index >= 15 is 0 Å². The molecule has 3 N–H and O–H groups in total. The Bertz CT molecular complexity index is 3490. The third-order valence-corrected chi connectivity index (χ3v) is 20.2. The predicted molar refractivity (Wildman–Crippen MR) is 391 cm³/mol. The maximum absolute atomic E-state index is 14.2. The molecule has 6 unspecified atom stereocenters. The van der Waals surface area contributed by atoms with Gasteiger partial charge in [0.05, 0.1) is 7.11 Å². The second kappa shape index (κ2) is 35.0. The Morgan fingerprint density at radius 1 is 0.583 bits per heavy atom. The number of nitrogens with zero attached hydrogens (tertiary/aromatic N) is 4. The highest BCUT2D eigenvalue weighted by molar-refractivity contribution is 6.01. The minimum absolute atomic E-state index is 0.00216. The quantitative estimate of drug-likeness (QED) is 0.0689. The first-order valence-corrected chi connectivity index (χ1v) is 36.5. The van der Waals surface area contributed by atoms with Gasteiger partial charge in [-0.3, -0.25) is 19.2 Å². The molecule has 14 heteroatoms. The number of allylic oxidation sites excluding steroid dienone is 4. The van der Waals surface area contributed by atoms with Gasteiger partial charge in [-0.25, -0.2) is 9.18 Å². The smallest absolute Gasteiger partial charge is 0.354 e. The normalized spacial score (nSPS) is 22.1. The Morgan fingerprint density at radius 2 is 1.02 bits per heavy atom. The topological polar surface area (TPSA) is 145 Å². The number of anilines is 3. The Kier molecular flexibility index (Phi) is 27.2. The fourth-order valence-electron chi connectivity index (χ4n) is 15.4. The van der Waals surface area contributed by atoms with E-state index in [1.54, 1.807) is 11.6 Å². The summed E-state index contributed by atoms with van der Waals surface area (Å²) < 4.78 is 21.1. The van der Waals surface area contributed by atoms with Crippen LogP contribution in [0.1, 0.15) is 278 Å². The van der Waals surface area contributed by atoms with Gasteiger partial charge < -0.3 is 40.0 Å². The van der Waals surface area contributed by atoms with Crippen LogP contribution in [0.3, 0.4) is 0 Å². The third kappa shape index (κ3) is 18.6. The van der Waals surface area contributed by atoms with Crippen molar-refractivity contribution < 1.29 is 33.1 Å². The zero-order chi connectivity index (χ0) is 69.5. The summed E-state index contributed by atoms with van der Waals surface area (Å²) in [6.07, 6.45) is 17.8. The molecule has 6 aliphatic rings. The summed E-state index contributed by atoms with van der Waals surface area (Å²) in [5, 5.41) is 11.4. The largest absolute Gasteiger partial charge is 0.464 e. The van der Waals surface area contributed by atoms with E-state index in [-0.39, 0.29) is 59.4 Å². The van der Waals surface area contributed by atoms with Crippen molar-refractivity contribution in [3.05, 3.63) is 171 Å². The standard InChI is InChI=1S/C23H33FN2O.C23H34N2O.C20H23NO3.C16H24N2O/c1-5-22(27)26-16(4)14-20(19-8-6-7-9-21(19)26)25-18-12-10-17(11-13-18)23(24)15(2)3;1-5-23(26)25-17(4)15-21(20-8-6-7-9-22(20)25)24-19-12-10-18(11-13-19)14-16(2)3;1-13(2)15-9-7-14(8-10-15)12-21-17-5-4-6-19(22)16(17)11-18(21)20(23)24-3;1-5-16(19)18-12(4)10-14(17-11(2)3)13-8-6-7-9-15(13)18/h6-9,15-16,18,20,25H,5,10-14H2,1-4H3;6-9,14,16-17,19,21,24H,5,10-13,15H2,1-4H3;7-11,13H,4-6,12H2,1-3H3;6-9,11-12,14,17H,5,10H2,1-4H3. The summed E-state index contributed by atoms with van der Waals surface area (Å²) in [5.74, 6) is 1.59. The molecule has 4 aromatic carbocycles. The van der Waals surface area contributed by atoms with E-state index in [0.717, 1.165) is 91.7 Å². The van der Waals surface area contributed by atoms with Crippen LogP contribution in [0.2, 0.25) is 0 Å². The van der Waals surface area contributed by atoms with Crippen LogP contribution in [-0.4, -0.2) is 77.4 Å². The number of ether oxygens (including phenoxy) is 1. The molecule has 13 nitrogen and oxygen atoms in total. The summed E-state index contributed by atoms with van der Waals surface area (Å²) in [5.41, 5.74) is 14.1. The summed E-state index contributed by atoms with van der Waals surface area (Å²) in [6, 6.07) is 38.2. The van der Waals surface area contributed by atoms with Crippen molar-refractivity contribution >= 4 is 46.5 Å². The number of amides is 3. The monoisotopic (exact) mass is 1310 g/mol. The van der Waals surface area contributed by atoms with Crippen molar-refractivity contribution in [1.82, 2.24) is 20.5 Å². The number of benzene rings is 4. The number of nitrogens with one attached hydrogen (secondary N) is 3. The van der Waals surface area contributed by atoms with E-state index in [2.05, 4.69) is 163 Å². The molecule has 0 saturated heterocycles. The van der Waals surface area contributed by atoms with Gasteiger partial charge in [-0.05, 0) is 174 Å². The highest BCUT2D eigenvalue weighted by atomic mass is 19.1. The van der Waals surface area contributed by atoms with Gasteiger partial charge in [-0.1, -0.05) is 167 Å². The number of ketones is 1. The molecule has 1 aromatic heterocycles. The van der Waals surface area contributed by atoms with E-state index in [1.807, 2.05) is 72.1 Å². The first-order chi connectivity index (χ1) is 46.0. The minimum Gasteiger partial charge on any atom is -0.464 e. The molecule has 96 heavy (non-hydrogen) atoms. The van der Waals surface area contributed by atoms with Crippen LogP contribution in [0, 0.1) is 11.8 Å². The van der Waals surface area contributed by atoms with E-state index in [4.69, 9.17) is 4.74 Å². The van der Waals surface area contributed by atoms with Crippen LogP contribution in [0.15, 0.2) is 126 Å². The summed E-state index contributed by atoms with van der Waals surface area (Å²) in [7, 11) is 1.37. The molecule has 6 atom stereocenters. The van der Waals surface area contributed by atoms with Gasteiger partial charge >= 0.3 is 5.97 Å². The van der Waals surface area contributed by atoms with Gasteiger partial charge in [0, 0.05) is 121 Å². The lowest BCUT2D eigenvalue weighted by atomic mass is 9.86. The van der Waals surface area contributed by atoms with Gasteiger partial charge in [-0.15, -0.1) is 0 Å². The number of hydrogen-bond donors (Lipinski definition) is 3. The molecule has 0 radical (unpaired) electrons. The Balaban J connectivity index is 0.000000165. The van der Waals surface area contributed by atoms with Gasteiger partial charge in [0.15, 0.2) is 5.78 Å². The van der Waals surface area contributed by atoms with Crippen LogP contribution in [0.4, 0.5) is 21.5 Å². The number of rotatable bonds is 15. The van der Waals surface area contributed by atoms with Crippen molar-refractivity contribution in [3.63, 3.8) is 0 Å². The second-order valence-electron chi connectivity index (χ2n) is 29.0. The van der Waals surface area contributed by atoms with Crippen molar-refractivity contribution in [2.45, 2.75) is 273 Å². The Hall–Kier alpha value is -7.00. The van der Waals surface area contributed by atoms with Gasteiger partial charge in [0.1, 0.15) is 11.5 Å². The summed E-state index contributed by atoms with van der Waals surface area (Å²) in [4.78, 5) is 67.3.